The van der Waals surface area contributed by atoms with Gasteiger partial charge < -0.3 is 9.15 Å². The zero-order valence-corrected chi connectivity index (χ0v) is 16.6. The van der Waals surface area contributed by atoms with Crippen molar-refractivity contribution in [2.45, 2.75) is 4.90 Å². The van der Waals surface area contributed by atoms with Crippen LogP contribution in [0.3, 0.4) is 0 Å². The summed E-state index contributed by atoms with van der Waals surface area (Å²) < 4.78 is 37.3. The normalized spacial score (nSPS) is 11.0. The van der Waals surface area contributed by atoms with Crippen molar-refractivity contribution in [3.8, 4) is 17.3 Å². The number of ether oxygens (including phenoxy) is 1. The fourth-order valence-corrected chi connectivity index (χ4v) is 3.74. The molecule has 2 amide bonds. The van der Waals surface area contributed by atoms with Gasteiger partial charge in [-0.25, -0.2) is 22.9 Å². The van der Waals surface area contributed by atoms with Crippen molar-refractivity contribution in [1.82, 2.24) is 14.7 Å². The Bertz CT molecular complexity index is 1160. The number of carbonyl (C=O) groups is 1. The molecule has 2 N–H and O–H groups in total. The Morgan fingerprint density at radius 3 is 2.72 bits per heavy atom. The van der Waals surface area contributed by atoms with Crippen molar-refractivity contribution in [1.29, 1.82) is 0 Å². The monoisotopic (exact) mass is 434 g/mol. The molecule has 0 bridgehead atoms. The summed E-state index contributed by atoms with van der Waals surface area (Å²) in [5.74, 6) is 0.371. The smallest absolute Gasteiger partial charge is 0.335 e. The Kier molecular flexibility index (Phi) is 5.85. The number of nitrogens with one attached hydrogen (secondary N) is 2. The third-order valence-corrected chi connectivity index (χ3v) is 5.43. The van der Waals surface area contributed by atoms with E-state index in [0.29, 0.717) is 17.0 Å². The van der Waals surface area contributed by atoms with Gasteiger partial charge in [0.25, 0.3) is 10.0 Å². The predicted octanol–water partition coefficient (Wildman–Crippen LogP) is 3.55. The topological polar surface area (TPSA) is 123 Å². The summed E-state index contributed by atoms with van der Waals surface area (Å²) in [6, 6.07) is 8.02. The largest absolute Gasteiger partial charge is 0.481 e. The van der Waals surface area contributed by atoms with Crippen LogP contribution in [0.4, 0.5) is 10.7 Å². The van der Waals surface area contributed by atoms with Gasteiger partial charge in [-0.2, -0.15) is 4.98 Å². The van der Waals surface area contributed by atoms with Gasteiger partial charge in [0, 0.05) is 6.07 Å². The number of furan rings is 1. The number of amides is 2. The van der Waals surface area contributed by atoms with Gasteiger partial charge in [-0.15, -0.1) is 0 Å². The van der Waals surface area contributed by atoms with E-state index in [1.807, 2.05) is 4.72 Å². The first kappa shape index (κ1) is 20.4. The van der Waals surface area contributed by atoms with E-state index in [9.17, 15) is 13.2 Å². The van der Waals surface area contributed by atoms with Crippen LogP contribution >= 0.6 is 11.6 Å². The number of hydrogen-bond donors (Lipinski definition) is 2. The number of methoxy groups -OCH3 is 1. The van der Waals surface area contributed by atoms with Crippen molar-refractivity contribution in [3.63, 3.8) is 0 Å². The average molecular weight is 435 g/mol. The molecule has 150 valence electrons. The maximum absolute atomic E-state index is 12.5. The molecular weight excluding hydrogens is 420 g/mol. The summed E-state index contributed by atoms with van der Waals surface area (Å²) >= 11 is 5.96. The van der Waals surface area contributed by atoms with Gasteiger partial charge in [-0.1, -0.05) is 30.3 Å². The van der Waals surface area contributed by atoms with Crippen LogP contribution in [-0.4, -0.2) is 31.5 Å². The number of nitrogens with zero attached hydrogens (tertiary/aromatic N) is 2. The fourth-order valence-electron chi connectivity index (χ4n) is 2.29. The van der Waals surface area contributed by atoms with Gasteiger partial charge in [0.1, 0.15) is 10.6 Å². The van der Waals surface area contributed by atoms with E-state index in [4.69, 9.17) is 20.8 Å². The van der Waals surface area contributed by atoms with Crippen LogP contribution in [0.25, 0.3) is 17.5 Å². The quantitative estimate of drug-likeness (QED) is 0.607. The van der Waals surface area contributed by atoms with Crippen molar-refractivity contribution < 1.29 is 22.4 Å². The van der Waals surface area contributed by atoms with Crippen molar-refractivity contribution in [2.24, 2.45) is 0 Å². The molecule has 9 nitrogen and oxygen atoms in total. The molecule has 0 atom stereocenters. The summed E-state index contributed by atoms with van der Waals surface area (Å²) in [6.07, 6.45) is 2.91. The van der Waals surface area contributed by atoms with Gasteiger partial charge in [0.15, 0.2) is 5.76 Å². The molecule has 2 aromatic heterocycles. The van der Waals surface area contributed by atoms with Crippen LogP contribution in [0.1, 0.15) is 5.56 Å². The van der Waals surface area contributed by atoms with Crippen molar-refractivity contribution in [2.75, 3.05) is 12.4 Å². The molecule has 29 heavy (non-hydrogen) atoms. The maximum Gasteiger partial charge on any atom is 0.335 e. The lowest BCUT2D eigenvalue weighted by Gasteiger charge is -2.11. The average Bonchev–Trinajstić information content (AvgIpc) is 3.22. The van der Waals surface area contributed by atoms with E-state index in [-0.39, 0.29) is 21.7 Å². The van der Waals surface area contributed by atoms with Gasteiger partial charge in [-0.3, -0.25) is 5.32 Å². The van der Waals surface area contributed by atoms with Crippen LogP contribution in [0.15, 0.2) is 58.6 Å². The first-order valence-electron chi connectivity index (χ1n) is 8.05. The standard InChI is InChI=1S/C18H15ClN4O5S/c1-3-11-6-7-12(19)15(9-11)29(25,26)23-18(24)22-17-20-13(10-16(21-17)27-2)14-5-4-8-28-14/h3-10H,1H2,2H3,(H2,20,21,22,23,24). The molecule has 1 aromatic carbocycles. The number of anilines is 1. The third-order valence-electron chi connectivity index (χ3n) is 3.62. The summed E-state index contributed by atoms with van der Waals surface area (Å²) in [5.41, 5.74) is 0.858. The number of urea groups is 1. The maximum atomic E-state index is 12.5. The molecule has 0 fully saturated rings. The highest BCUT2D eigenvalue weighted by atomic mass is 35.5. The number of sulfonamides is 1. The zero-order chi connectivity index (χ0) is 21.0. The second-order valence-corrected chi connectivity index (χ2v) is 7.61. The van der Waals surface area contributed by atoms with Crippen LogP contribution in [-0.2, 0) is 10.0 Å². The van der Waals surface area contributed by atoms with E-state index in [0.717, 1.165) is 0 Å². The van der Waals surface area contributed by atoms with Crippen LogP contribution in [0, 0.1) is 0 Å². The SMILES string of the molecule is C=Cc1ccc(Cl)c(S(=O)(=O)NC(=O)Nc2nc(OC)cc(-c3ccco3)n2)c1. The minimum Gasteiger partial charge on any atom is -0.481 e. The summed E-state index contributed by atoms with van der Waals surface area (Å²) in [4.78, 5) is 20.1. The molecule has 0 aliphatic rings. The summed E-state index contributed by atoms with van der Waals surface area (Å²) in [7, 11) is -2.87. The van der Waals surface area contributed by atoms with E-state index in [1.54, 1.807) is 18.2 Å². The second kappa shape index (κ2) is 8.33. The Balaban J connectivity index is 1.84. The molecule has 0 saturated heterocycles. The van der Waals surface area contributed by atoms with Gasteiger partial charge in [0.05, 0.1) is 18.4 Å². The molecule has 0 aliphatic heterocycles. The number of halogens is 1. The molecule has 0 unspecified atom stereocenters. The molecule has 0 aliphatic carbocycles. The highest BCUT2D eigenvalue weighted by Gasteiger charge is 2.22. The van der Waals surface area contributed by atoms with E-state index in [1.165, 1.54) is 37.6 Å². The van der Waals surface area contributed by atoms with Gasteiger partial charge in [0.2, 0.25) is 11.8 Å². The first-order chi connectivity index (χ1) is 13.8. The minimum absolute atomic E-state index is 0.0476. The zero-order valence-electron chi connectivity index (χ0n) is 15.0. The number of carbonyl (C=O) groups excluding carboxylic acids is 1. The van der Waals surface area contributed by atoms with E-state index in [2.05, 4.69) is 21.9 Å². The molecular formula is C18H15ClN4O5S. The number of rotatable bonds is 6. The third kappa shape index (κ3) is 4.73. The summed E-state index contributed by atoms with van der Waals surface area (Å²) in [5, 5.41) is 2.21. The lowest BCUT2D eigenvalue weighted by atomic mass is 10.2. The van der Waals surface area contributed by atoms with Crippen molar-refractivity contribution >= 4 is 39.7 Å². The first-order valence-corrected chi connectivity index (χ1v) is 9.91. The molecule has 3 aromatic rings. The number of aromatic nitrogens is 2. The van der Waals surface area contributed by atoms with Crippen molar-refractivity contribution in [3.05, 3.63) is 59.8 Å². The van der Waals surface area contributed by atoms with Crippen LogP contribution in [0.2, 0.25) is 5.02 Å². The molecule has 3 rings (SSSR count). The van der Waals surface area contributed by atoms with E-state index < -0.39 is 16.1 Å². The van der Waals surface area contributed by atoms with Crippen LogP contribution < -0.4 is 14.8 Å². The molecule has 0 radical (unpaired) electrons. The minimum atomic E-state index is -4.26. The van der Waals surface area contributed by atoms with Crippen LogP contribution in [0.5, 0.6) is 5.88 Å². The highest BCUT2D eigenvalue weighted by Crippen LogP contribution is 2.24. The fraction of sp³-hybridized carbons (Fsp3) is 0.0556. The lowest BCUT2D eigenvalue weighted by molar-refractivity contribution is 0.256. The molecule has 0 spiro atoms. The molecule has 11 heteroatoms. The molecule has 0 saturated carbocycles. The number of hydrogen-bond acceptors (Lipinski definition) is 7. The Hall–Kier alpha value is -3.37. The van der Waals surface area contributed by atoms with E-state index >= 15 is 0 Å². The Morgan fingerprint density at radius 1 is 1.28 bits per heavy atom. The second-order valence-electron chi connectivity index (χ2n) is 5.55. The highest BCUT2D eigenvalue weighted by molar-refractivity contribution is 7.90. The number of benzene rings is 1. The lowest BCUT2D eigenvalue weighted by Crippen LogP contribution is -2.35. The van der Waals surface area contributed by atoms with Gasteiger partial charge >= 0.3 is 6.03 Å². The molecule has 2 heterocycles. The Labute approximate surface area is 171 Å². The Morgan fingerprint density at radius 2 is 2.07 bits per heavy atom. The van der Waals surface area contributed by atoms with Gasteiger partial charge in [-0.05, 0) is 29.8 Å². The summed E-state index contributed by atoms with van der Waals surface area (Å²) in [6.45, 7) is 3.57. The predicted molar refractivity (Wildman–Crippen MR) is 107 cm³/mol.